The number of carbonyl (C=O) groups is 2. The van der Waals surface area contributed by atoms with E-state index in [0.717, 1.165) is 12.8 Å². The predicted molar refractivity (Wildman–Crippen MR) is 101 cm³/mol. The van der Waals surface area contributed by atoms with Crippen LogP contribution in [0.5, 0.6) is 0 Å². The maximum atomic E-state index is 12.4. The summed E-state index contributed by atoms with van der Waals surface area (Å²) < 4.78 is 0. The molecule has 2 amide bonds. The number of carbonyl (C=O) groups excluding carboxylic acids is 2. The molecular formula is C18H19Cl2N3O2. The van der Waals surface area contributed by atoms with Crippen molar-refractivity contribution in [2.75, 3.05) is 18.9 Å². The molecule has 0 aliphatic carbocycles. The molecular weight excluding hydrogens is 361 g/mol. The Morgan fingerprint density at radius 2 is 1.96 bits per heavy atom. The second kappa shape index (κ2) is 8.83. The van der Waals surface area contributed by atoms with E-state index in [0.29, 0.717) is 27.8 Å². The van der Waals surface area contributed by atoms with Crippen molar-refractivity contribution in [3.63, 3.8) is 0 Å². The molecule has 0 bridgehead atoms. The van der Waals surface area contributed by atoms with Crippen molar-refractivity contribution in [2.24, 2.45) is 0 Å². The van der Waals surface area contributed by atoms with Crippen molar-refractivity contribution in [3.8, 4) is 0 Å². The van der Waals surface area contributed by atoms with E-state index in [2.05, 4.69) is 17.2 Å². The topological polar surface area (TPSA) is 62.3 Å². The Labute approximate surface area is 157 Å². The minimum atomic E-state index is -0.463. The number of nitrogens with one attached hydrogen (secondary N) is 1. The summed E-state index contributed by atoms with van der Waals surface area (Å²) in [5, 5.41) is 3.47. The minimum absolute atomic E-state index is 0.130. The first-order valence-electron chi connectivity index (χ1n) is 7.90. The number of hydrogen-bond acceptors (Lipinski definition) is 3. The fraction of sp³-hybridized carbons (Fsp3) is 0.278. The highest BCUT2D eigenvalue weighted by molar-refractivity contribution is 6.35. The average molecular weight is 380 g/mol. The maximum absolute atomic E-state index is 12.4. The number of halogens is 2. The Balaban J connectivity index is 2.16. The molecule has 0 radical (unpaired) electrons. The average Bonchev–Trinajstić information content (AvgIpc) is 2.62. The molecule has 1 aromatic heterocycles. The lowest BCUT2D eigenvalue weighted by molar-refractivity contribution is 0.0793. The summed E-state index contributed by atoms with van der Waals surface area (Å²) in [4.78, 5) is 30.5. The van der Waals surface area contributed by atoms with Gasteiger partial charge in [0, 0.05) is 30.4 Å². The smallest absolute Gasteiger partial charge is 0.274 e. The number of anilines is 1. The molecule has 25 heavy (non-hydrogen) atoms. The van der Waals surface area contributed by atoms with E-state index >= 15 is 0 Å². The van der Waals surface area contributed by atoms with Crippen LogP contribution in [-0.4, -0.2) is 35.3 Å². The third-order valence-electron chi connectivity index (χ3n) is 3.61. The van der Waals surface area contributed by atoms with E-state index in [1.54, 1.807) is 36.2 Å². The van der Waals surface area contributed by atoms with Crippen molar-refractivity contribution in [3.05, 3.63) is 57.8 Å². The number of pyridine rings is 1. The van der Waals surface area contributed by atoms with E-state index < -0.39 is 5.91 Å². The Kier molecular flexibility index (Phi) is 6.79. The van der Waals surface area contributed by atoms with Crippen molar-refractivity contribution < 1.29 is 9.59 Å². The zero-order valence-electron chi connectivity index (χ0n) is 14.1. The zero-order chi connectivity index (χ0) is 18.4. The van der Waals surface area contributed by atoms with E-state index in [-0.39, 0.29) is 11.6 Å². The Morgan fingerprint density at radius 1 is 1.20 bits per heavy atom. The molecule has 0 atom stereocenters. The highest BCUT2D eigenvalue weighted by Crippen LogP contribution is 2.25. The summed E-state index contributed by atoms with van der Waals surface area (Å²) in [7, 11) is 1.74. The molecule has 2 aromatic rings. The van der Waals surface area contributed by atoms with E-state index in [4.69, 9.17) is 23.2 Å². The lowest BCUT2D eigenvalue weighted by Gasteiger charge is -2.17. The Bertz CT molecular complexity index is 781. The van der Waals surface area contributed by atoms with Gasteiger partial charge in [-0.25, -0.2) is 0 Å². The minimum Gasteiger partial charge on any atom is -0.342 e. The number of amides is 2. The molecule has 1 heterocycles. The summed E-state index contributed by atoms with van der Waals surface area (Å²) in [5.74, 6) is -0.610. The lowest BCUT2D eigenvalue weighted by atomic mass is 10.2. The van der Waals surface area contributed by atoms with E-state index in [1.807, 2.05) is 0 Å². The molecule has 132 valence electrons. The van der Waals surface area contributed by atoms with Gasteiger partial charge in [-0.3, -0.25) is 14.6 Å². The molecule has 0 aliphatic rings. The molecule has 7 heteroatoms. The molecule has 5 nitrogen and oxygen atoms in total. The first kappa shape index (κ1) is 19.2. The van der Waals surface area contributed by atoms with Gasteiger partial charge in [-0.15, -0.1) is 0 Å². The largest absolute Gasteiger partial charge is 0.342 e. The van der Waals surface area contributed by atoms with Crippen LogP contribution in [0.1, 0.15) is 40.6 Å². The number of hydrogen-bond donors (Lipinski definition) is 1. The van der Waals surface area contributed by atoms with Crippen LogP contribution in [0.2, 0.25) is 10.0 Å². The number of benzene rings is 1. The molecule has 0 spiro atoms. The molecule has 0 aliphatic heterocycles. The lowest BCUT2D eigenvalue weighted by Crippen LogP contribution is -2.28. The summed E-state index contributed by atoms with van der Waals surface area (Å²) in [6, 6.07) is 7.83. The van der Waals surface area contributed by atoms with Crippen LogP contribution in [0.4, 0.5) is 5.69 Å². The van der Waals surface area contributed by atoms with Gasteiger partial charge < -0.3 is 10.2 Å². The molecule has 1 aromatic carbocycles. The standard InChI is InChI=1S/C18H19Cl2N3O2/c1-3-4-9-23(2)18(25)12-7-8-21-16(10-12)17(24)22-15-11-13(19)5-6-14(15)20/h5-8,10-11H,3-4,9H2,1-2H3,(H,22,24). The summed E-state index contributed by atoms with van der Waals surface area (Å²) in [5.41, 5.74) is 0.930. The van der Waals surface area contributed by atoms with Crippen molar-refractivity contribution in [2.45, 2.75) is 19.8 Å². The van der Waals surface area contributed by atoms with E-state index in [9.17, 15) is 9.59 Å². The summed E-state index contributed by atoms with van der Waals surface area (Å²) in [6.07, 6.45) is 3.37. The molecule has 0 fully saturated rings. The van der Waals surface area contributed by atoms with Gasteiger partial charge in [0.1, 0.15) is 5.69 Å². The first-order valence-corrected chi connectivity index (χ1v) is 8.66. The maximum Gasteiger partial charge on any atom is 0.274 e. The number of rotatable bonds is 6. The number of aromatic nitrogens is 1. The summed E-state index contributed by atoms with van der Waals surface area (Å²) >= 11 is 12.0. The predicted octanol–water partition coefficient (Wildman–Crippen LogP) is 4.51. The highest BCUT2D eigenvalue weighted by Gasteiger charge is 2.16. The van der Waals surface area contributed by atoms with Gasteiger partial charge in [0.2, 0.25) is 0 Å². The highest BCUT2D eigenvalue weighted by atomic mass is 35.5. The van der Waals surface area contributed by atoms with Gasteiger partial charge in [0.25, 0.3) is 11.8 Å². The van der Waals surface area contributed by atoms with E-state index in [1.165, 1.54) is 12.3 Å². The first-order chi connectivity index (χ1) is 11.9. The second-order valence-electron chi connectivity index (χ2n) is 5.59. The molecule has 0 unspecified atom stereocenters. The van der Waals surface area contributed by atoms with Crippen LogP contribution in [-0.2, 0) is 0 Å². The molecule has 2 rings (SSSR count). The third kappa shape index (κ3) is 5.18. The third-order valence-corrected chi connectivity index (χ3v) is 4.17. The van der Waals surface area contributed by atoms with Crippen molar-refractivity contribution >= 4 is 40.7 Å². The zero-order valence-corrected chi connectivity index (χ0v) is 15.6. The normalized spacial score (nSPS) is 10.4. The van der Waals surface area contributed by atoms with Gasteiger partial charge >= 0.3 is 0 Å². The van der Waals surface area contributed by atoms with Gasteiger partial charge in [-0.1, -0.05) is 36.5 Å². The number of nitrogens with zero attached hydrogens (tertiary/aromatic N) is 2. The Morgan fingerprint density at radius 3 is 2.68 bits per heavy atom. The van der Waals surface area contributed by atoms with Crippen LogP contribution >= 0.6 is 23.2 Å². The Hall–Kier alpha value is -2.11. The molecule has 1 N–H and O–H groups in total. The van der Waals surface area contributed by atoms with Crippen molar-refractivity contribution in [1.82, 2.24) is 9.88 Å². The molecule has 0 saturated carbocycles. The summed E-state index contributed by atoms with van der Waals surface area (Å²) in [6.45, 7) is 2.73. The SMILES string of the molecule is CCCCN(C)C(=O)c1ccnc(C(=O)Nc2cc(Cl)ccc2Cl)c1. The van der Waals surface area contributed by atoms with Crippen LogP contribution in [0.15, 0.2) is 36.5 Å². The van der Waals surface area contributed by atoms with Gasteiger partial charge in [-0.2, -0.15) is 0 Å². The van der Waals surface area contributed by atoms with Gasteiger partial charge in [0.05, 0.1) is 10.7 Å². The van der Waals surface area contributed by atoms with Crippen LogP contribution in [0, 0.1) is 0 Å². The molecule has 0 saturated heterocycles. The monoisotopic (exact) mass is 379 g/mol. The fourth-order valence-corrected chi connectivity index (χ4v) is 2.52. The van der Waals surface area contributed by atoms with Crippen LogP contribution in [0.25, 0.3) is 0 Å². The fourth-order valence-electron chi connectivity index (χ4n) is 2.18. The van der Waals surface area contributed by atoms with Gasteiger partial charge in [-0.05, 0) is 36.8 Å². The quantitative estimate of drug-likeness (QED) is 0.802. The second-order valence-corrected chi connectivity index (χ2v) is 6.43. The van der Waals surface area contributed by atoms with Crippen molar-refractivity contribution in [1.29, 1.82) is 0 Å². The number of unbranched alkanes of at least 4 members (excludes halogenated alkanes) is 1. The van der Waals surface area contributed by atoms with Crippen LogP contribution < -0.4 is 5.32 Å². The van der Waals surface area contributed by atoms with Gasteiger partial charge in [0.15, 0.2) is 0 Å². The van der Waals surface area contributed by atoms with Crippen LogP contribution in [0.3, 0.4) is 0 Å².